The van der Waals surface area contributed by atoms with Crippen LogP contribution in [0.15, 0.2) is 101 Å². The third-order valence-corrected chi connectivity index (χ3v) is 6.65. The van der Waals surface area contributed by atoms with Crippen LogP contribution in [0.25, 0.3) is 0 Å². The summed E-state index contributed by atoms with van der Waals surface area (Å²) < 4.78 is 31.5. The Balaban J connectivity index is 1.49. The fraction of sp³-hybridized carbons (Fsp3) is 0.148. The zero-order valence-electron chi connectivity index (χ0n) is 19.8. The van der Waals surface area contributed by atoms with E-state index in [1.807, 2.05) is 48.5 Å². The van der Waals surface area contributed by atoms with Crippen LogP contribution in [-0.2, 0) is 10.5 Å². The van der Waals surface area contributed by atoms with Gasteiger partial charge in [0.2, 0.25) is 11.1 Å². The molecule has 0 saturated carbocycles. The Morgan fingerprint density at radius 2 is 1.73 bits per heavy atom. The van der Waals surface area contributed by atoms with Gasteiger partial charge in [0.15, 0.2) is 0 Å². The maximum atomic E-state index is 13.5. The molecule has 0 spiro atoms. The molecule has 10 heteroatoms. The molecule has 5 rings (SSSR count). The molecule has 0 fully saturated rings. The van der Waals surface area contributed by atoms with Crippen LogP contribution in [0, 0.1) is 0 Å². The highest BCUT2D eigenvalue weighted by molar-refractivity contribution is 7.98. The smallest absolute Gasteiger partial charge is 0.387 e. The second-order valence-electron chi connectivity index (χ2n) is 8.27. The predicted octanol–water partition coefficient (Wildman–Crippen LogP) is 6.10. The lowest BCUT2D eigenvalue weighted by atomic mass is 9.95. The number of carbonyl (C=O) groups is 1. The number of hydrogen-bond donors (Lipinski definition) is 2. The van der Waals surface area contributed by atoms with Gasteiger partial charge in [-0.15, -0.1) is 5.10 Å². The van der Waals surface area contributed by atoms with Crippen molar-refractivity contribution < 1.29 is 18.3 Å². The fourth-order valence-electron chi connectivity index (χ4n) is 4.07. The number of rotatable bonds is 8. The number of aromatic nitrogens is 3. The summed E-state index contributed by atoms with van der Waals surface area (Å²) in [5, 5.41) is 11.4. The van der Waals surface area contributed by atoms with Gasteiger partial charge in [0.05, 0.1) is 5.57 Å². The van der Waals surface area contributed by atoms with Crippen LogP contribution >= 0.6 is 11.8 Å². The molecule has 1 aliphatic rings. The summed E-state index contributed by atoms with van der Waals surface area (Å²) in [6, 6.07) is 24.7. The minimum absolute atomic E-state index is 0.0293. The zero-order valence-corrected chi connectivity index (χ0v) is 20.6. The second-order valence-corrected chi connectivity index (χ2v) is 9.21. The second kappa shape index (κ2) is 10.8. The van der Waals surface area contributed by atoms with Crippen molar-refractivity contribution in [2.24, 2.45) is 0 Å². The van der Waals surface area contributed by atoms with Crippen LogP contribution < -0.4 is 15.4 Å². The van der Waals surface area contributed by atoms with Gasteiger partial charge < -0.3 is 15.4 Å². The number of para-hydroxylation sites is 1. The summed E-state index contributed by atoms with van der Waals surface area (Å²) in [6.45, 7) is -1.12. The van der Waals surface area contributed by atoms with E-state index in [9.17, 15) is 13.6 Å². The van der Waals surface area contributed by atoms with Gasteiger partial charge in [-0.3, -0.25) is 4.79 Å². The summed E-state index contributed by atoms with van der Waals surface area (Å²) in [5.74, 6) is 0.889. The minimum Gasteiger partial charge on any atom is -0.435 e. The molecule has 1 atom stereocenters. The minimum atomic E-state index is -2.93. The van der Waals surface area contributed by atoms with Gasteiger partial charge in [0, 0.05) is 17.1 Å². The number of thioether (sulfide) groups is 1. The van der Waals surface area contributed by atoms with Crippen LogP contribution in [0.4, 0.5) is 20.4 Å². The number of hydrogen-bond acceptors (Lipinski definition) is 6. The topological polar surface area (TPSA) is 81.1 Å². The summed E-state index contributed by atoms with van der Waals surface area (Å²) in [6.07, 6.45) is 0. The number of amides is 1. The number of fused-ring (bicyclic) bond motifs is 1. The fourth-order valence-corrected chi connectivity index (χ4v) is 4.85. The summed E-state index contributed by atoms with van der Waals surface area (Å²) in [5.41, 5.74) is 3.51. The summed E-state index contributed by atoms with van der Waals surface area (Å²) in [4.78, 5) is 18.1. The molecular formula is C27H23F2N5O2S. The molecule has 7 nitrogen and oxygen atoms in total. The molecule has 1 aliphatic heterocycles. The Bertz CT molecular complexity index is 1410. The molecule has 0 unspecified atom stereocenters. The molecule has 4 aromatic rings. The Morgan fingerprint density at radius 3 is 2.41 bits per heavy atom. The Hall–Kier alpha value is -4.18. The number of allylic oxidation sites excluding steroid dienone is 1. The normalized spacial score (nSPS) is 14.8. The van der Waals surface area contributed by atoms with E-state index < -0.39 is 12.7 Å². The van der Waals surface area contributed by atoms with Crippen molar-refractivity contribution >= 4 is 29.3 Å². The monoisotopic (exact) mass is 519 g/mol. The number of nitrogens with one attached hydrogen (secondary N) is 2. The van der Waals surface area contributed by atoms with Gasteiger partial charge in [-0.25, -0.2) is 4.68 Å². The summed E-state index contributed by atoms with van der Waals surface area (Å²) >= 11 is 1.48. The average molecular weight is 520 g/mol. The SMILES string of the molecule is CC1=C(C(=O)Nc2ccccc2)[C@@H](c2ccc(OC(F)F)cc2)n2nc(SCc3ccccc3)nc2N1. The van der Waals surface area contributed by atoms with Gasteiger partial charge in [0.1, 0.15) is 11.8 Å². The van der Waals surface area contributed by atoms with E-state index >= 15 is 0 Å². The number of ether oxygens (including phenoxy) is 1. The first-order valence-electron chi connectivity index (χ1n) is 11.5. The first-order chi connectivity index (χ1) is 18.0. The summed E-state index contributed by atoms with van der Waals surface area (Å²) in [7, 11) is 0. The number of benzene rings is 3. The van der Waals surface area contributed by atoms with E-state index in [-0.39, 0.29) is 11.7 Å². The van der Waals surface area contributed by atoms with Crippen LogP contribution in [0.1, 0.15) is 24.1 Å². The van der Waals surface area contributed by atoms with Crippen LogP contribution in [-0.4, -0.2) is 27.3 Å². The molecule has 0 bridgehead atoms. The maximum Gasteiger partial charge on any atom is 0.387 e. The van der Waals surface area contributed by atoms with Crippen molar-refractivity contribution in [2.75, 3.05) is 10.6 Å². The number of carbonyl (C=O) groups excluding carboxylic acids is 1. The molecule has 37 heavy (non-hydrogen) atoms. The predicted molar refractivity (Wildman–Crippen MR) is 139 cm³/mol. The van der Waals surface area contributed by atoms with Gasteiger partial charge in [-0.1, -0.05) is 72.4 Å². The molecular weight excluding hydrogens is 496 g/mol. The highest BCUT2D eigenvalue weighted by Gasteiger charge is 2.34. The van der Waals surface area contributed by atoms with Gasteiger partial charge in [0.25, 0.3) is 5.91 Å². The van der Waals surface area contributed by atoms with Crippen molar-refractivity contribution in [2.45, 2.75) is 30.5 Å². The first kappa shape index (κ1) is 24.5. The largest absolute Gasteiger partial charge is 0.435 e. The lowest BCUT2D eigenvalue weighted by molar-refractivity contribution is -0.113. The van der Waals surface area contributed by atoms with E-state index in [0.29, 0.717) is 39.4 Å². The van der Waals surface area contributed by atoms with E-state index in [0.717, 1.165) is 5.56 Å². The molecule has 1 aromatic heterocycles. The standard InChI is InChI=1S/C27H23F2N5O2S/c1-17-22(24(35)31-20-10-6-3-7-11-20)23(19-12-14-21(15-13-19)36-25(28)29)34-26(30-17)32-27(33-34)37-16-18-8-4-2-5-9-18/h2-15,23,25H,16H2,1H3,(H,31,35)(H,30,32,33)/t23-/m1/s1. The van der Waals surface area contributed by atoms with Crippen molar-refractivity contribution in [1.29, 1.82) is 0 Å². The molecule has 1 amide bonds. The average Bonchev–Trinajstić information content (AvgIpc) is 3.30. The van der Waals surface area contributed by atoms with Gasteiger partial charge >= 0.3 is 6.61 Å². The van der Waals surface area contributed by atoms with Crippen LogP contribution in [0.5, 0.6) is 5.75 Å². The Kier molecular flexibility index (Phi) is 7.18. The lowest BCUT2D eigenvalue weighted by Crippen LogP contribution is -2.31. The van der Waals surface area contributed by atoms with Crippen molar-refractivity contribution in [3.8, 4) is 5.75 Å². The molecule has 0 saturated heterocycles. The highest BCUT2D eigenvalue weighted by atomic mass is 32.2. The lowest BCUT2D eigenvalue weighted by Gasteiger charge is -2.28. The number of nitrogens with zero attached hydrogens (tertiary/aromatic N) is 3. The maximum absolute atomic E-state index is 13.5. The number of alkyl halides is 2. The molecule has 188 valence electrons. The van der Waals surface area contributed by atoms with E-state index in [4.69, 9.17) is 5.10 Å². The third kappa shape index (κ3) is 5.64. The highest BCUT2D eigenvalue weighted by Crippen LogP contribution is 2.37. The van der Waals surface area contributed by atoms with Crippen molar-refractivity contribution in [3.63, 3.8) is 0 Å². The molecule has 2 heterocycles. The molecule has 0 radical (unpaired) electrons. The van der Waals surface area contributed by atoms with E-state index in [1.165, 1.54) is 23.9 Å². The van der Waals surface area contributed by atoms with Crippen molar-refractivity contribution in [1.82, 2.24) is 14.8 Å². The quantitative estimate of drug-likeness (QED) is 0.274. The van der Waals surface area contributed by atoms with Crippen molar-refractivity contribution in [3.05, 3.63) is 107 Å². The Labute approximate surface area is 216 Å². The molecule has 2 N–H and O–H groups in total. The molecule has 3 aromatic carbocycles. The third-order valence-electron chi connectivity index (χ3n) is 5.74. The van der Waals surface area contributed by atoms with Crippen LogP contribution in [0.2, 0.25) is 0 Å². The zero-order chi connectivity index (χ0) is 25.8. The number of anilines is 2. The Morgan fingerprint density at radius 1 is 1.05 bits per heavy atom. The van der Waals surface area contributed by atoms with E-state index in [2.05, 4.69) is 20.4 Å². The van der Waals surface area contributed by atoms with Gasteiger partial charge in [-0.05, 0) is 42.3 Å². The van der Waals surface area contributed by atoms with E-state index in [1.54, 1.807) is 35.9 Å². The van der Waals surface area contributed by atoms with Crippen LogP contribution in [0.3, 0.4) is 0 Å². The number of halogens is 2. The first-order valence-corrected chi connectivity index (χ1v) is 12.5. The van der Waals surface area contributed by atoms with Gasteiger partial charge in [-0.2, -0.15) is 13.8 Å². The molecule has 0 aliphatic carbocycles.